The number of hydrogen-bond donors (Lipinski definition) is 2. The van der Waals surface area contributed by atoms with Crippen LogP contribution >= 0.6 is 0 Å². The molecule has 3 aromatic rings. The van der Waals surface area contributed by atoms with Gasteiger partial charge in [0.25, 0.3) is 5.91 Å². The van der Waals surface area contributed by atoms with Crippen molar-refractivity contribution < 1.29 is 19.4 Å². The molecule has 3 rings (SSSR count). The summed E-state index contributed by atoms with van der Waals surface area (Å²) >= 11 is 0. The molecule has 0 aliphatic rings. The highest BCUT2D eigenvalue weighted by Crippen LogP contribution is 2.19. The van der Waals surface area contributed by atoms with E-state index in [1.54, 1.807) is 18.2 Å². The van der Waals surface area contributed by atoms with E-state index < -0.39 is 11.9 Å². The van der Waals surface area contributed by atoms with Gasteiger partial charge in [0.05, 0.1) is 18.3 Å². The lowest BCUT2D eigenvalue weighted by molar-refractivity contribution is -0.136. The molecule has 0 aliphatic heterocycles. The van der Waals surface area contributed by atoms with Crippen molar-refractivity contribution in [3.8, 4) is 5.75 Å². The summed E-state index contributed by atoms with van der Waals surface area (Å²) < 4.78 is 5.74. The van der Waals surface area contributed by atoms with Crippen molar-refractivity contribution in [3.63, 3.8) is 0 Å². The zero-order valence-corrected chi connectivity index (χ0v) is 14.3. The first-order chi connectivity index (χ1) is 13.1. The molecule has 0 unspecified atom stereocenters. The van der Waals surface area contributed by atoms with Gasteiger partial charge in [0.2, 0.25) is 0 Å². The highest BCUT2D eigenvalue weighted by molar-refractivity contribution is 6.04. The lowest BCUT2D eigenvalue weighted by Gasteiger charge is -2.11. The Balaban J connectivity index is 1.72. The van der Waals surface area contributed by atoms with E-state index in [2.05, 4.69) is 15.3 Å². The molecule has 7 nitrogen and oxygen atoms in total. The molecule has 136 valence electrons. The number of aliphatic carboxylic acids is 1. The summed E-state index contributed by atoms with van der Waals surface area (Å²) in [5.41, 5.74) is 1.98. The van der Waals surface area contributed by atoms with Crippen molar-refractivity contribution in [1.82, 2.24) is 9.97 Å². The highest BCUT2D eigenvalue weighted by atomic mass is 16.5. The van der Waals surface area contributed by atoms with E-state index in [-0.39, 0.29) is 12.1 Å². The molecular weight excluding hydrogens is 346 g/mol. The van der Waals surface area contributed by atoms with Crippen molar-refractivity contribution in [2.75, 3.05) is 5.32 Å². The van der Waals surface area contributed by atoms with E-state index in [4.69, 9.17) is 9.84 Å². The van der Waals surface area contributed by atoms with Gasteiger partial charge < -0.3 is 15.2 Å². The smallest absolute Gasteiger partial charge is 0.307 e. The Morgan fingerprint density at radius 2 is 1.85 bits per heavy atom. The predicted octanol–water partition coefficient (Wildman–Crippen LogP) is 2.94. The van der Waals surface area contributed by atoms with E-state index in [9.17, 15) is 9.59 Å². The fraction of sp³-hybridized carbons (Fsp3) is 0.100. The fourth-order valence-corrected chi connectivity index (χ4v) is 2.43. The Kier molecular flexibility index (Phi) is 5.73. The summed E-state index contributed by atoms with van der Waals surface area (Å²) in [7, 11) is 0. The van der Waals surface area contributed by atoms with Crippen LogP contribution in [0.3, 0.4) is 0 Å². The first-order valence-electron chi connectivity index (χ1n) is 8.20. The molecule has 1 aromatic carbocycles. The van der Waals surface area contributed by atoms with Crippen LogP contribution in [0.4, 0.5) is 5.69 Å². The third-order valence-corrected chi connectivity index (χ3v) is 3.63. The van der Waals surface area contributed by atoms with Crippen LogP contribution in [0.15, 0.2) is 67.1 Å². The minimum absolute atomic E-state index is 0.136. The zero-order valence-electron chi connectivity index (χ0n) is 14.3. The summed E-state index contributed by atoms with van der Waals surface area (Å²) in [6.45, 7) is 0.308. The number of amides is 1. The van der Waals surface area contributed by atoms with Gasteiger partial charge in [-0.25, -0.2) is 4.98 Å². The Bertz CT molecular complexity index is 945. The maximum atomic E-state index is 12.6. The molecule has 2 heterocycles. The van der Waals surface area contributed by atoms with Crippen molar-refractivity contribution in [3.05, 3.63) is 83.9 Å². The number of nitrogens with zero attached hydrogens (tertiary/aromatic N) is 2. The number of aromatic nitrogens is 2. The van der Waals surface area contributed by atoms with Crippen LogP contribution in [0.1, 0.15) is 21.6 Å². The van der Waals surface area contributed by atoms with Crippen LogP contribution in [-0.2, 0) is 17.8 Å². The van der Waals surface area contributed by atoms with Gasteiger partial charge in [-0.15, -0.1) is 0 Å². The Morgan fingerprint density at radius 3 is 2.63 bits per heavy atom. The van der Waals surface area contributed by atoms with Crippen LogP contribution < -0.4 is 10.1 Å². The Labute approximate surface area is 155 Å². The second-order valence-corrected chi connectivity index (χ2v) is 5.73. The number of benzene rings is 1. The summed E-state index contributed by atoms with van der Waals surface area (Å²) in [6, 6.07) is 14.5. The van der Waals surface area contributed by atoms with E-state index in [0.29, 0.717) is 23.6 Å². The molecule has 0 aliphatic carbocycles. The van der Waals surface area contributed by atoms with Crippen molar-refractivity contribution in [1.29, 1.82) is 0 Å². The number of carbonyl (C=O) groups excluding carboxylic acids is 1. The monoisotopic (exact) mass is 363 g/mol. The van der Waals surface area contributed by atoms with Crippen molar-refractivity contribution in [2.24, 2.45) is 0 Å². The second kappa shape index (κ2) is 8.57. The van der Waals surface area contributed by atoms with E-state index in [1.807, 2.05) is 30.3 Å². The summed E-state index contributed by atoms with van der Waals surface area (Å²) in [5.74, 6) is -1.08. The molecular formula is C20H17N3O4. The third-order valence-electron chi connectivity index (χ3n) is 3.63. The molecule has 1 amide bonds. The van der Waals surface area contributed by atoms with Gasteiger partial charge >= 0.3 is 5.97 Å². The maximum absolute atomic E-state index is 12.6. The molecule has 7 heteroatoms. The van der Waals surface area contributed by atoms with Gasteiger partial charge in [0, 0.05) is 12.4 Å². The fourth-order valence-electron chi connectivity index (χ4n) is 2.43. The molecule has 0 fully saturated rings. The van der Waals surface area contributed by atoms with Gasteiger partial charge in [-0.3, -0.25) is 14.6 Å². The first kappa shape index (κ1) is 18.1. The molecule has 2 N–H and O–H groups in total. The lowest BCUT2D eigenvalue weighted by Crippen LogP contribution is -2.16. The predicted molar refractivity (Wildman–Crippen MR) is 98.5 cm³/mol. The molecule has 2 aromatic heterocycles. The summed E-state index contributed by atoms with van der Waals surface area (Å²) in [4.78, 5) is 31.5. The number of carboxylic acid groups (broad SMARTS) is 1. The quantitative estimate of drug-likeness (QED) is 0.669. The average Bonchev–Trinajstić information content (AvgIpc) is 2.67. The van der Waals surface area contributed by atoms with E-state index in [1.165, 1.54) is 18.6 Å². The number of nitrogens with one attached hydrogen (secondary N) is 1. The Hall–Kier alpha value is -3.74. The first-order valence-corrected chi connectivity index (χ1v) is 8.20. The van der Waals surface area contributed by atoms with Crippen LogP contribution in [0.25, 0.3) is 0 Å². The number of carboxylic acids is 1. The van der Waals surface area contributed by atoms with Crippen LogP contribution in [0.2, 0.25) is 0 Å². The zero-order chi connectivity index (χ0) is 19.1. The van der Waals surface area contributed by atoms with Gasteiger partial charge in [0.1, 0.15) is 6.61 Å². The van der Waals surface area contributed by atoms with Crippen molar-refractivity contribution in [2.45, 2.75) is 13.0 Å². The third kappa shape index (κ3) is 5.12. The van der Waals surface area contributed by atoms with Crippen molar-refractivity contribution >= 4 is 17.6 Å². The van der Waals surface area contributed by atoms with E-state index in [0.717, 1.165) is 5.56 Å². The highest BCUT2D eigenvalue weighted by Gasteiger charge is 2.15. The molecule has 0 bridgehead atoms. The number of anilines is 1. The van der Waals surface area contributed by atoms with Crippen LogP contribution in [0, 0.1) is 0 Å². The molecule has 0 saturated heterocycles. The van der Waals surface area contributed by atoms with Gasteiger partial charge in [-0.1, -0.05) is 30.3 Å². The largest absolute Gasteiger partial charge is 0.486 e. The number of carbonyl (C=O) groups is 2. The molecule has 0 radical (unpaired) electrons. The number of pyridine rings is 2. The van der Waals surface area contributed by atoms with Gasteiger partial charge in [-0.2, -0.15) is 0 Å². The Morgan fingerprint density at radius 1 is 1.04 bits per heavy atom. The lowest BCUT2D eigenvalue weighted by atomic mass is 10.2. The minimum Gasteiger partial charge on any atom is -0.486 e. The maximum Gasteiger partial charge on any atom is 0.307 e. The standard InChI is InChI=1S/C20H17N3O4/c24-18(25)10-15-9-16(12-21-11-15)23-20(26)19-17(7-4-8-22-19)27-13-14-5-2-1-3-6-14/h1-9,11-12H,10,13H2,(H,23,26)(H,24,25). The van der Waals surface area contributed by atoms with E-state index >= 15 is 0 Å². The van der Waals surface area contributed by atoms with Gasteiger partial charge in [0.15, 0.2) is 11.4 Å². The minimum atomic E-state index is -0.971. The molecule has 0 saturated carbocycles. The average molecular weight is 363 g/mol. The second-order valence-electron chi connectivity index (χ2n) is 5.73. The topological polar surface area (TPSA) is 101 Å². The normalized spacial score (nSPS) is 10.2. The van der Waals surface area contributed by atoms with Crippen LogP contribution in [-0.4, -0.2) is 27.0 Å². The molecule has 27 heavy (non-hydrogen) atoms. The number of hydrogen-bond acceptors (Lipinski definition) is 5. The molecule has 0 atom stereocenters. The summed E-state index contributed by atoms with van der Waals surface area (Å²) in [6.07, 6.45) is 4.21. The number of rotatable bonds is 7. The SMILES string of the molecule is O=C(O)Cc1cncc(NC(=O)c2ncccc2OCc2ccccc2)c1. The number of ether oxygens (including phenoxy) is 1. The summed E-state index contributed by atoms with van der Waals surface area (Å²) in [5, 5.41) is 11.5. The van der Waals surface area contributed by atoms with Crippen LogP contribution in [0.5, 0.6) is 5.75 Å². The molecule has 0 spiro atoms. The van der Waals surface area contributed by atoms with Gasteiger partial charge in [-0.05, 0) is 29.3 Å².